The van der Waals surface area contributed by atoms with Crippen LogP contribution in [0.2, 0.25) is 0 Å². The number of unbranched alkanes of at least 4 members (excludes halogenated alkanes) is 2. The summed E-state index contributed by atoms with van der Waals surface area (Å²) in [4.78, 5) is 0. The third kappa shape index (κ3) is 5.80. The highest BCUT2D eigenvalue weighted by atomic mass is 32.2. The maximum Gasteiger partial charge on any atom is 0.206 e. The second-order valence-corrected chi connectivity index (χ2v) is 8.35. The van der Waals surface area contributed by atoms with Crippen LogP contribution in [0.4, 0.5) is 5.13 Å². The lowest BCUT2D eigenvalue weighted by atomic mass is 9.96. The van der Waals surface area contributed by atoms with Crippen LogP contribution in [-0.2, 0) is 6.54 Å². The van der Waals surface area contributed by atoms with Gasteiger partial charge in [-0.2, -0.15) is 5.10 Å². The Bertz CT molecular complexity index is 549. The van der Waals surface area contributed by atoms with E-state index < -0.39 is 0 Å². The summed E-state index contributed by atoms with van der Waals surface area (Å²) < 4.78 is 3.09. The van der Waals surface area contributed by atoms with Gasteiger partial charge >= 0.3 is 0 Å². The van der Waals surface area contributed by atoms with E-state index in [2.05, 4.69) is 20.6 Å². The summed E-state index contributed by atoms with van der Waals surface area (Å²) in [6.07, 6.45) is 14.1. The Morgan fingerprint density at radius 3 is 2.91 bits per heavy atom. The van der Waals surface area contributed by atoms with E-state index in [0.29, 0.717) is 6.04 Å². The first-order chi connectivity index (χ1) is 11.4. The van der Waals surface area contributed by atoms with Crippen LogP contribution in [0, 0.1) is 0 Å². The molecule has 126 valence electrons. The Morgan fingerprint density at radius 2 is 2.09 bits per heavy atom. The molecular formula is C16H25N5S2. The zero-order valence-corrected chi connectivity index (χ0v) is 15.1. The van der Waals surface area contributed by atoms with Gasteiger partial charge in [0.25, 0.3) is 0 Å². The fourth-order valence-corrected chi connectivity index (χ4v) is 4.79. The summed E-state index contributed by atoms with van der Waals surface area (Å²) in [5.74, 6) is 1.12. The van der Waals surface area contributed by atoms with E-state index in [9.17, 15) is 0 Å². The van der Waals surface area contributed by atoms with Crippen LogP contribution in [0.3, 0.4) is 0 Å². The van der Waals surface area contributed by atoms with Crippen molar-refractivity contribution in [2.45, 2.75) is 68.3 Å². The van der Waals surface area contributed by atoms with Crippen molar-refractivity contribution < 1.29 is 0 Å². The molecule has 0 aliphatic heterocycles. The third-order valence-electron chi connectivity index (χ3n) is 4.16. The number of aromatic nitrogens is 4. The predicted octanol–water partition coefficient (Wildman–Crippen LogP) is 4.44. The molecule has 2 aromatic heterocycles. The van der Waals surface area contributed by atoms with Gasteiger partial charge in [0.2, 0.25) is 5.13 Å². The number of thioether (sulfide) groups is 1. The van der Waals surface area contributed by atoms with Crippen LogP contribution in [0.1, 0.15) is 51.4 Å². The van der Waals surface area contributed by atoms with Crippen molar-refractivity contribution in [2.24, 2.45) is 0 Å². The van der Waals surface area contributed by atoms with Gasteiger partial charge in [0.1, 0.15) is 0 Å². The van der Waals surface area contributed by atoms with E-state index >= 15 is 0 Å². The molecule has 5 nitrogen and oxygen atoms in total. The van der Waals surface area contributed by atoms with E-state index in [1.165, 1.54) is 51.4 Å². The third-order valence-corrected chi connectivity index (χ3v) is 6.23. The van der Waals surface area contributed by atoms with Crippen molar-refractivity contribution in [3.8, 4) is 0 Å². The van der Waals surface area contributed by atoms with Crippen LogP contribution in [0.15, 0.2) is 22.8 Å². The molecule has 7 heteroatoms. The van der Waals surface area contributed by atoms with Gasteiger partial charge in [0.15, 0.2) is 4.34 Å². The summed E-state index contributed by atoms with van der Waals surface area (Å²) in [5.41, 5.74) is 0. The molecule has 23 heavy (non-hydrogen) atoms. The van der Waals surface area contributed by atoms with Crippen LogP contribution in [0.5, 0.6) is 0 Å². The number of hydrogen-bond acceptors (Lipinski definition) is 6. The molecule has 3 rings (SSSR count). The van der Waals surface area contributed by atoms with E-state index in [1.54, 1.807) is 11.3 Å². The lowest BCUT2D eigenvalue weighted by molar-refractivity contribution is 0.462. The van der Waals surface area contributed by atoms with Gasteiger partial charge in [-0.05, 0) is 31.7 Å². The van der Waals surface area contributed by atoms with Crippen molar-refractivity contribution in [3.63, 3.8) is 0 Å². The molecule has 1 saturated carbocycles. The zero-order chi connectivity index (χ0) is 15.7. The van der Waals surface area contributed by atoms with Crippen LogP contribution < -0.4 is 5.32 Å². The van der Waals surface area contributed by atoms with Gasteiger partial charge in [-0.3, -0.25) is 4.68 Å². The Balaban J connectivity index is 1.28. The molecular weight excluding hydrogens is 326 g/mol. The van der Waals surface area contributed by atoms with Crippen LogP contribution in [-0.4, -0.2) is 31.8 Å². The highest BCUT2D eigenvalue weighted by molar-refractivity contribution is 8.01. The van der Waals surface area contributed by atoms with Crippen molar-refractivity contribution in [3.05, 3.63) is 18.5 Å². The van der Waals surface area contributed by atoms with Gasteiger partial charge in [0.05, 0.1) is 0 Å². The first-order valence-corrected chi connectivity index (χ1v) is 10.4. The number of nitrogens with one attached hydrogen (secondary N) is 1. The maximum absolute atomic E-state index is 4.29. The molecule has 0 amide bonds. The second kappa shape index (κ2) is 9.27. The van der Waals surface area contributed by atoms with Gasteiger partial charge in [0, 0.05) is 30.7 Å². The molecule has 1 aliphatic rings. The molecule has 1 aliphatic carbocycles. The summed E-state index contributed by atoms with van der Waals surface area (Å²) in [5, 5.41) is 17.3. The molecule has 1 N–H and O–H groups in total. The molecule has 0 spiro atoms. The van der Waals surface area contributed by atoms with E-state index in [-0.39, 0.29) is 0 Å². The predicted molar refractivity (Wildman–Crippen MR) is 97.2 cm³/mol. The Morgan fingerprint density at radius 1 is 1.17 bits per heavy atom. The fourth-order valence-electron chi connectivity index (χ4n) is 2.89. The number of nitrogens with zero attached hydrogens (tertiary/aromatic N) is 4. The molecule has 0 aromatic carbocycles. The summed E-state index contributed by atoms with van der Waals surface area (Å²) in [6, 6.07) is 2.58. The largest absolute Gasteiger partial charge is 0.357 e. The quantitative estimate of drug-likeness (QED) is 0.534. The summed E-state index contributed by atoms with van der Waals surface area (Å²) in [7, 11) is 0. The Kier molecular flexibility index (Phi) is 6.76. The molecule has 2 heterocycles. The maximum atomic E-state index is 4.29. The lowest BCUT2D eigenvalue weighted by Crippen LogP contribution is -2.21. The fraction of sp³-hybridized carbons (Fsp3) is 0.688. The lowest BCUT2D eigenvalue weighted by Gasteiger charge is -2.21. The van der Waals surface area contributed by atoms with Gasteiger partial charge in [-0.25, -0.2) is 0 Å². The minimum Gasteiger partial charge on any atom is -0.357 e. The average molecular weight is 352 g/mol. The van der Waals surface area contributed by atoms with E-state index in [0.717, 1.165) is 21.8 Å². The van der Waals surface area contributed by atoms with Gasteiger partial charge in [-0.1, -0.05) is 48.8 Å². The highest BCUT2D eigenvalue weighted by Gasteiger charge is 2.15. The minimum absolute atomic E-state index is 0.608. The van der Waals surface area contributed by atoms with E-state index in [1.807, 2.05) is 34.9 Å². The van der Waals surface area contributed by atoms with Crippen molar-refractivity contribution in [1.82, 2.24) is 20.0 Å². The number of aryl methyl sites for hydroxylation is 1. The standard InChI is InChI=1S/C16H25N5S2/c1-3-8-14(9-4-1)18-15-19-20-16(23-15)22-13-6-2-5-11-21-12-7-10-17-21/h7,10,12,14H,1-6,8-9,11,13H2,(H,18,19). The smallest absolute Gasteiger partial charge is 0.206 e. The number of hydrogen-bond donors (Lipinski definition) is 1. The molecule has 0 atom stereocenters. The normalized spacial score (nSPS) is 15.8. The molecule has 1 fully saturated rings. The Hall–Kier alpha value is -1.08. The van der Waals surface area contributed by atoms with Crippen LogP contribution in [0.25, 0.3) is 0 Å². The molecule has 0 radical (unpaired) electrons. The average Bonchev–Trinajstić information content (AvgIpc) is 3.24. The molecule has 0 unspecified atom stereocenters. The summed E-state index contributed by atoms with van der Waals surface area (Å²) >= 11 is 3.54. The van der Waals surface area contributed by atoms with Crippen molar-refractivity contribution in [2.75, 3.05) is 11.1 Å². The monoisotopic (exact) mass is 351 g/mol. The Labute approximate surface area is 146 Å². The topological polar surface area (TPSA) is 55.6 Å². The molecule has 0 saturated heterocycles. The van der Waals surface area contributed by atoms with Gasteiger partial charge < -0.3 is 5.32 Å². The molecule has 2 aromatic rings. The van der Waals surface area contributed by atoms with Crippen LogP contribution >= 0.6 is 23.1 Å². The number of anilines is 1. The minimum atomic E-state index is 0.608. The van der Waals surface area contributed by atoms with Gasteiger partial charge in [-0.15, -0.1) is 10.2 Å². The van der Waals surface area contributed by atoms with Crippen molar-refractivity contribution >= 4 is 28.2 Å². The second-order valence-electron chi connectivity index (χ2n) is 6.03. The van der Waals surface area contributed by atoms with Crippen molar-refractivity contribution in [1.29, 1.82) is 0 Å². The zero-order valence-electron chi connectivity index (χ0n) is 13.5. The van der Waals surface area contributed by atoms with E-state index in [4.69, 9.17) is 0 Å². The SMILES string of the molecule is c1cnn(CCCCCSc2nnc(NC3CCCCC3)s2)c1. The summed E-state index contributed by atoms with van der Waals surface area (Å²) in [6.45, 7) is 1.02. The number of rotatable bonds is 9. The molecule has 0 bridgehead atoms. The highest BCUT2D eigenvalue weighted by Crippen LogP contribution is 2.28. The first-order valence-electron chi connectivity index (χ1n) is 8.60. The first kappa shape index (κ1) is 16.8.